The van der Waals surface area contributed by atoms with Crippen LogP contribution in [0.5, 0.6) is 0 Å². The van der Waals surface area contributed by atoms with Crippen molar-refractivity contribution in [3.63, 3.8) is 0 Å². The highest BCUT2D eigenvalue weighted by molar-refractivity contribution is 5.94. The van der Waals surface area contributed by atoms with Gasteiger partial charge in [-0.15, -0.1) is 0 Å². The Morgan fingerprint density at radius 3 is 0.979 bits per heavy atom. The third kappa shape index (κ3) is 9.56. The molecule has 14 aromatic rings. The topological polar surface area (TPSA) is 0 Å². The molecule has 1 saturated carbocycles. The van der Waals surface area contributed by atoms with Crippen LogP contribution in [0.2, 0.25) is 0 Å². The van der Waals surface area contributed by atoms with Crippen LogP contribution < -0.4 is 0 Å². The molecule has 5 aliphatic rings. The summed E-state index contributed by atoms with van der Waals surface area (Å²) in [5.41, 5.74) is 43.6. The molecule has 0 heteroatoms. The Bertz CT molecular complexity index is 5320. The smallest absolute Gasteiger partial charge is 0.0215 e. The fourth-order valence-corrected chi connectivity index (χ4v) is 17.5. The molecule has 0 aromatic heterocycles. The van der Waals surface area contributed by atoms with Crippen molar-refractivity contribution >= 4 is 0 Å². The van der Waals surface area contributed by atoms with E-state index in [-0.39, 0.29) is 10.8 Å². The summed E-state index contributed by atoms with van der Waals surface area (Å²) in [6, 6.07) is 118. The largest absolute Gasteiger partial charge is 0.0622 e. The molecule has 1 spiro atoms. The minimum Gasteiger partial charge on any atom is -0.0622 e. The minimum atomic E-state index is 0.0205. The van der Waals surface area contributed by atoms with Crippen LogP contribution in [0.4, 0.5) is 0 Å². The van der Waals surface area contributed by atoms with Crippen molar-refractivity contribution in [1.82, 2.24) is 0 Å². The average Bonchev–Trinajstić information content (AvgIpc) is 1.58. The fourth-order valence-electron chi connectivity index (χ4n) is 17.5. The molecule has 0 radical (unpaired) electrons. The lowest BCUT2D eigenvalue weighted by atomic mass is 9.67. The molecular weight excluding hydrogens is 1140 g/mol. The van der Waals surface area contributed by atoms with Crippen LogP contribution >= 0.6 is 0 Å². The van der Waals surface area contributed by atoms with E-state index in [1.54, 1.807) is 11.1 Å². The summed E-state index contributed by atoms with van der Waals surface area (Å²) in [5.74, 6) is 0. The Morgan fingerprint density at radius 1 is 0.189 bits per heavy atom. The number of fused-ring (bicyclic) bond motifs is 14. The van der Waals surface area contributed by atoms with E-state index in [1.807, 2.05) is 0 Å². The minimum absolute atomic E-state index is 0.0205. The predicted octanol–water partition coefficient (Wildman–Crippen LogP) is 25.4. The third-order valence-electron chi connectivity index (χ3n) is 22.2. The van der Waals surface area contributed by atoms with Crippen LogP contribution in [0.25, 0.3) is 134 Å². The van der Waals surface area contributed by atoms with Crippen molar-refractivity contribution in [3.05, 3.63) is 360 Å². The molecule has 14 aromatic carbocycles. The Kier molecular flexibility index (Phi) is 13.7. The number of hydrogen-bond donors (Lipinski definition) is 0. The van der Waals surface area contributed by atoms with E-state index in [0.717, 1.165) is 12.8 Å². The second kappa shape index (κ2) is 23.0. The van der Waals surface area contributed by atoms with Gasteiger partial charge in [-0.1, -0.05) is 324 Å². The van der Waals surface area contributed by atoms with Crippen molar-refractivity contribution < 1.29 is 0 Å². The maximum atomic E-state index is 2.58. The molecule has 1 fully saturated rings. The molecule has 0 heterocycles. The molecule has 0 bridgehead atoms. The summed E-state index contributed by atoms with van der Waals surface area (Å²) in [4.78, 5) is 0. The monoisotopic (exact) mass is 1210 g/mol. The van der Waals surface area contributed by atoms with Crippen LogP contribution in [0, 0.1) is 0 Å². The first-order valence-electron chi connectivity index (χ1n) is 34.3. The molecule has 0 saturated heterocycles. The zero-order valence-electron chi connectivity index (χ0n) is 54.0. The van der Waals surface area contributed by atoms with Gasteiger partial charge in [-0.05, 0) is 228 Å². The highest BCUT2D eigenvalue weighted by atomic mass is 14.5. The van der Waals surface area contributed by atoms with Crippen LogP contribution in [0.3, 0.4) is 0 Å². The van der Waals surface area contributed by atoms with E-state index in [0.29, 0.717) is 0 Å². The molecule has 19 rings (SSSR count). The van der Waals surface area contributed by atoms with Gasteiger partial charge in [-0.25, -0.2) is 0 Å². The molecule has 0 aliphatic heterocycles. The maximum absolute atomic E-state index is 2.58. The highest BCUT2D eigenvalue weighted by Gasteiger charge is 2.44. The summed E-state index contributed by atoms with van der Waals surface area (Å²) in [6.07, 6.45) is 8.40. The SMILES string of the molecule is CC1(C)c2ccccc2-c2cc(-c3cccc4c3Cc3c(-c5cccc(-c6ccc(-c7ccccc7)cc6)c5)cccc3-4)ccc21.c1ccc(-c2ccc(-c3cccc(-c4cccc5c4Cc4c(-c6ccc7c(c6)C6(CCCCC6)c6ccccc6-7)cccc4-5)c3)cc2)cc1. The van der Waals surface area contributed by atoms with E-state index in [4.69, 9.17) is 0 Å². The van der Waals surface area contributed by atoms with Crippen LogP contribution in [0.15, 0.2) is 315 Å². The Labute approximate surface area is 559 Å². The predicted molar refractivity (Wildman–Crippen MR) is 400 cm³/mol. The Hall–Kier alpha value is -10.9. The van der Waals surface area contributed by atoms with Crippen LogP contribution in [0.1, 0.15) is 90.5 Å². The first kappa shape index (κ1) is 56.8. The van der Waals surface area contributed by atoms with Crippen molar-refractivity contribution in [2.45, 2.75) is 69.6 Å². The second-order valence-electron chi connectivity index (χ2n) is 27.6. The van der Waals surface area contributed by atoms with Crippen LogP contribution in [-0.4, -0.2) is 0 Å². The summed E-state index contributed by atoms with van der Waals surface area (Å²) < 4.78 is 0. The lowest BCUT2D eigenvalue weighted by molar-refractivity contribution is 0.353. The van der Waals surface area contributed by atoms with E-state index in [1.165, 1.54) is 199 Å². The molecule has 0 N–H and O–H groups in total. The van der Waals surface area contributed by atoms with Gasteiger partial charge in [0.2, 0.25) is 0 Å². The third-order valence-corrected chi connectivity index (χ3v) is 22.2. The molecule has 95 heavy (non-hydrogen) atoms. The standard InChI is InChI=1S/C49H38.C46H34/c1-3-12-33(13-4-1)34-22-24-35(25-23-34)36-14-9-15-37(30-36)39-17-10-19-41-42-20-11-18-40(46(42)32-45(39)41)38-26-27-44-43-16-5-6-21-47(43)49(48(44)31-38)28-7-2-8-29-49;1-46(2)44-20-7-6-15-40(44)43-28-35(25-26-45(43)46)37-17-10-19-39-38-18-9-16-36(41(38)29-42(37)39)34-14-8-13-33(27-34)32-23-21-31(22-24-32)30-11-4-3-5-12-30/h1,3-6,9-27,30-31H,2,7-8,28-29,32H2;3-28H,29H2,1-2H3. The van der Waals surface area contributed by atoms with Crippen molar-refractivity contribution in [2.24, 2.45) is 0 Å². The maximum Gasteiger partial charge on any atom is 0.0215 e. The summed E-state index contributed by atoms with van der Waals surface area (Å²) in [5, 5.41) is 0. The molecule has 0 unspecified atom stereocenters. The van der Waals surface area contributed by atoms with Crippen molar-refractivity contribution in [2.75, 3.05) is 0 Å². The normalized spacial score (nSPS) is 14.3. The van der Waals surface area contributed by atoms with E-state index >= 15 is 0 Å². The fraction of sp³-hybridized carbons (Fsp3) is 0.116. The summed E-state index contributed by atoms with van der Waals surface area (Å²) in [6.45, 7) is 4.70. The van der Waals surface area contributed by atoms with Gasteiger partial charge in [0.1, 0.15) is 0 Å². The van der Waals surface area contributed by atoms with Gasteiger partial charge in [0.15, 0.2) is 0 Å². The Balaban J connectivity index is 0.000000139. The second-order valence-corrected chi connectivity index (χ2v) is 27.6. The van der Waals surface area contributed by atoms with Crippen molar-refractivity contribution in [1.29, 1.82) is 0 Å². The zero-order chi connectivity index (χ0) is 63.2. The average molecular weight is 1210 g/mol. The number of benzene rings is 14. The summed E-state index contributed by atoms with van der Waals surface area (Å²) in [7, 11) is 0. The van der Waals surface area contributed by atoms with Gasteiger partial charge in [0.25, 0.3) is 0 Å². The molecular formula is C95H72. The Morgan fingerprint density at radius 2 is 0.495 bits per heavy atom. The van der Waals surface area contributed by atoms with E-state index in [9.17, 15) is 0 Å². The van der Waals surface area contributed by atoms with Gasteiger partial charge in [0.05, 0.1) is 0 Å². The van der Waals surface area contributed by atoms with Gasteiger partial charge in [0, 0.05) is 10.8 Å². The molecule has 452 valence electrons. The van der Waals surface area contributed by atoms with Crippen molar-refractivity contribution in [3.8, 4) is 134 Å². The van der Waals surface area contributed by atoms with E-state index in [2.05, 4.69) is 329 Å². The number of rotatable bonds is 8. The first-order chi connectivity index (χ1) is 46.8. The van der Waals surface area contributed by atoms with Crippen LogP contribution in [-0.2, 0) is 23.7 Å². The van der Waals surface area contributed by atoms with Gasteiger partial charge < -0.3 is 0 Å². The lowest BCUT2D eigenvalue weighted by Gasteiger charge is -2.36. The zero-order valence-corrected chi connectivity index (χ0v) is 54.0. The molecule has 0 amide bonds. The highest BCUT2D eigenvalue weighted by Crippen LogP contribution is 2.58. The van der Waals surface area contributed by atoms with E-state index < -0.39 is 0 Å². The van der Waals surface area contributed by atoms with Gasteiger partial charge >= 0.3 is 0 Å². The summed E-state index contributed by atoms with van der Waals surface area (Å²) >= 11 is 0. The molecule has 0 nitrogen and oxygen atoms in total. The molecule has 5 aliphatic carbocycles. The van der Waals surface area contributed by atoms with Gasteiger partial charge in [-0.3, -0.25) is 0 Å². The first-order valence-corrected chi connectivity index (χ1v) is 34.3. The molecule has 0 atom stereocenters. The quantitative estimate of drug-likeness (QED) is 0.142. The number of hydrogen-bond acceptors (Lipinski definition) is 0. The lowest BCUT2D eigenvalue weighted by Crippen LogP contribution is -2.28. The van der Waals surface area contributed by atoms with Gasteiger partial charge in [-0.2, -0.15) is 0 Å².